The zero-order valence-corrected chi connectivity index (χ0v) is 13.1. The molecule has 2 unspecified atom stereocenters. The number of rotatable bonds is 6. The van der Waals surface area contributed by atoms with Gasteiger partial charge >= 0.3 is 0 Å². The number of hydrogen-bond donors (Lipinski definition) is 2. The number of carbonyl (C=O) groups excluding carboxylic acids is 1. The van der Waals surface area contributed by atoms with Crippen molar-refractivity contribution in [2.45, 2.75) is 58.6 Å². The molecular formula is C16H26N2O2. The van der Waals surface area contributed by atoms with Crippen LogP contribution in [0.5, 0.6) is 5.75 Å². The molecule has 0 saturated carbocycles. The maximum Gasteiger partial charge on any atom is 0.237 e. The van der Waals surface area contributed by atoms with E-state index in [0.717, 1.165) is 5.75 Å². The summed E-state index contributed by atoms with van der Waals surface area (Å²) in [5, 5.41) is 0. The van der Waals surface area contributed by atoms with Gasteiger partial charge in [0.25, 0.3) is 0 Å². The molecule has 4 N–H and O–H groups in total. The van der Waals surface area contributed by atoms with Gasteiger partial charge in [0.15, 0.2) is 0 Å². The Bertz CT molecular complexity index is 481. The van der Waals surface area contributed by atoms with E-state index in [2.05, 4.69) is 26.8 Å². The first-order valence-corrected chi connectivity index (χ1v) is 6.99. The Morgan fingerprint density at radius 3 is 2.40 bits per heavy atom. The lowest BCUT2D eigenvalue weighted by atomic mass is 9.95. The minimum absolute atomic E-state index is 0.179. The molecule has 1 aromatic carbocycles. The fourth-order valence-electron chi connectivity index (χ4n) is 2.34. The molecule has 4 nitrogen and oxygen atoms in total. The Kier molecular flexibility index (Phi) is 5.17. The standard InChI is InChI=1S/C16H26N2O2/c1-10(2)14-7-6-13(8-11(14)3)20-12(4)9-16(5,18)15(17)19/h6-8,10,12H,9,18H2,1-5H3,(H2,17,19). The van der Waals surface area contributed by atoms with Gasteiger partial charge in [0.1, 0.15) is 5.75 Å². The largest absolute Gasteiger partial charge is 0.491 e. The number of aryl methyl sites for hydroxylation is 1. The first-order chi connectivity index (χ1) is 9.13. The van der Waals surface area contributed by atoms with Crippen LogP contribution < -0.4 is 16.2 Å². The molecule has 0 aliphatic rings. The van der Waals surface area contributed by atoms with Crippen LogP contribution in [-0.4, -0.2) is 17.6 Å². The van der Waals surface area contributed by atoms with Crippen LogP contribution in [-0.2, 0) is 4.79 Å². The predicted octanol–water partition coefficient (Wildman–Crippen LogP) is 2.48. The molecule has 0 saturated heterocycles. The second-order valence-corrected chi connectivity index (χ2v) is 6.09. The highest BCUT2D eigenvalue weighted by atomic mass is 16.5. The molecule has 0 spiro atoms. The van der Waals surface area contributed by atoms with E-state index in [0.29, 0.717) is 12.3 Å². The van der Waals surface area contributed by atoms with Crippen LogP contribution in [0.2, 0.25) is 0 Å². The summed E-state index contributed by atoms with van der Waals surface area (Å²) in [5.41, 5.74) is 12.6. The van der Waals surface area contributed by atoms with Crippen LogP contribution in [0.3, 0.4) is 0 Å². The van der Waals surface area contributed by atoms with E-state index in [1.807, 2.05) is 19.1 Å². The summed E-state index contributed by atoms with van der Waals surface area (Å²) < 4.78 is 5.83. The average Bonchev–Trinajstić information content (AvgIpc) is 2.26. The summed E-state index contributed by atoms with van der Waals surface area (Å²) in [6.07, 6.45) is 0.203. The molecule has 1 amide bonds. The second-order valence-electron chi connectivity index (χ2n) is 6.09. The minimum Gasteiger partial charge on any atom is -0.491 e. The van der Waals surface area contributed by atoms with Gasteiger partial charge in [-0.2, -0.15) is 0 Å². The normalized spacial score (nSPS) is 15.8. The molecule has 2 atom stereocenters. The third kappa shape index (κ3) is 4.23. The van der Waals surface area contributed by atoms with E-state index < -0.39 is 11.4 Å². The Balaban J connectivity index is 2.74. The van der Waals surface area contributed by atoms with E-state index in [9.17, 15) is 4.79 Å². The van der Waals surface area contributed by atoms with Crippen molar-refractivity contribution in [1.82, 2.24) is 0 Å². The van der Waals surface area contributed by atoms with E-state index in [1.54, 1.807) is 6.92 Å². The first kappa shape index (κ1) is 16.5. The van der Waals surface area contributed by atoms with Crippen molar-refractivity contribution in [3.63, 3.8) is 0 Å². The molecule has 112 valence electrons. The number of benzene rings is 1. The van der Waals surface area contributed by atoms with Crippen molar-refractivity contribution in [1.29, 1.82) is 0 Å². The molecule has 0 fully saturated rings. The van der Waals surface area contributed by atoms with Crippen LogP contribution >= 0.6 is 0 Å². The molecule has 0 radical (unpaired) electrons. The maximum atomic E-state index is 11.2. The number of nitrogens with two attached hydrogens (primary N) is 2. The zero-order chi connectivity index (χ0) is 15.5. The summed E-state index contributed by atoms with van der Waals surface area (Å²) in [4.78, 5) is 11.2. The molecule has 20 heavy (non-hydrogen) atoms. The number of ether oxygens (including phenoxy) is 1. The fourth-order valence-corrected chi connectivity index (χ4v) is 2.34. The van der Waals surface area contributed by atoms with E-state index in [1.165, 1.54) is 11.1 Å². The van der Waals surface area contributed by atoms with Gasteiger partial charge in [-0.3, -0.25) is 4.79 Å². The van der Waals surface area contributed by atoms with Crippen molar-refractivity contribution in [2.75, 3.05) is 0 Å². The molecule has 0 aromatic heterocycles. The molecular weight excluding hydrogens is 252 g/mol. The lowest BCUT2D eigenvalue weighted by molar-refractivity contribution is -0.123. The highest BCUT2D eigenvalue weighted by Crippen LogP contribution is 2.25. The Labute approximate surface area is 121 Å². The van der Waals surface area contributed by atoms with Crippen molar-refractivity contribution < 1.29 is 9.53 Å². The molecule has 1 aromatic rings. The summed E-state index contributed by atoms with van der Waals surface area (Å²) in [6.45, 7) is 9.92. The lowest BCUT2D eigenvalue weighted by Crippen LogP contribution is -2.51. The van der Waals surface area contributed by atoms with Crippen LogP contribution in [0, 0.1) is 6.92 Å². The van der Waals surface area contributed by atoms with Crippen molar-refractivity contribution in [2.24, 2.45) is 11.5 Å². The van der Waals surface area contributed by atoms with Gasteiger partial charge in [0, 0.05) is 6.42 Å². The first-order valence-electron chi connectivity index (χ1n) is 6.99. The topological polar surface area (TPSA) is 78.3 Å². The fraction of sp³-hybridized carbons (Fsp3) is 0.562. The Hall–Kier alpha value is -1.55. The predicted molar refractivity (Wildman–Crippen MR) is 81.8 cm³/mol. The molecule has 1 rings (SSSR count). The van der Waals surface area contributed by atoms with E-state index >= 15 is 0 Å². The zero-order valence-electron chi connectivity index (χ0n) is 13.1. The van der Waals surface area contributed by atoms with Crippen molar-refractivity contribution >= 4 is 5.91 Å². The molecule has 4 heteroatoms. The SMILES string of the molecule is Cc1cc(OC(C)CC(C)(N)C(N)=O)ccc1C(C)C. The number of amides is 1. The molecule has 0 bridgehead atoms. The Morgan fingerprint density at radius 2 is 1.95 bits per heavy atom. The van der Waals surface area contributed by atoms with Crippen LogP contribution in [0.4, 0.5) is 0 Å². The molecule has 0 aliphatic heterocycles. The average molecular weight is 278 g/mol. The van der Waals surface area contributed by atoms with Gasteiger partial charge in [-0.25, -0.2) is 0 Å². The van der Waals surface area contributed by atoms with Crippen LogP contribution in [0.25, 0.3) is 0 Å². The van der Waals surface area contributed by atoms with E-state index in [4.69, 9.17) is 16.2 Å². The number of carbonyl (C=O) groups is 1. The van der Waals surface area contributed by atoms with Crippen LogP contribution in [0.1, 0.15) is 51.2 Å². The van der Waals surface area contributed by atoms with Crippen molar-refractivity contribution in [3.8, 4) is 5.75 Å². The molecule has 0 aliphatic carbocycles. The quantitative estimate of drug-likeness (QED) is 0.839. The Morgan fingerprint density at radius 1 is 1.35 bits per heavy atom. The van der Waals surface area contributed by atoms with Gasteiger partial charge in [-0.15, -0.1) is 0 Å². The second kappa shape index (κ2) is 6.27. The smallest absolute Gasteiger partial charge is 0.237 e. The van der Waals surface area contributed by atoms with Gasteiger partial charge < -0.3 is 16.2 Å². The summed E-state index contributed by atoms with van der Waals surface area (Å²) in [6, 6.07) is 6.05. The third-order valence-corrected chi connectivity index (χ3v) is 3.47. The number of hydrogen-bond acceptors (Lipinski definition) is 3. The number of primary amides is 1. The lowest BCUT2D eigenvalue weighted by Gasteiger charge is -2.25. The maximum absolute atomic E-state index is 11.2. The van der Waals surface area contributed by atoms with E-state index in [-0.39, 0.29) is 6.10 Å². The van der Waals surface area contributed by atoms with Gasteiger partial charge in [0.2, 0.25) is 5.91 Å². The summed E-state index contributed by atoms with van der Waals surface area (Å²) in [5.74, 6) is 0.766. The van der Waals surface area contributed by atoms with Gasteiger partial charge in [0.05, 0.1) is 11.6 Å². The highest BCUT2D eigenvalue weighted by molar-refractivity contribution is 5.83. The van der Waals surface area contributed by atoms with Gasteiger partial charge in [-0.1, -0.05) is 19.9 Å². The van der Waals surface area contributed by atoms with Crippen molar-refractivity contribution in [3.05, 3.63) is 29.3 Å². The third-order valence-electron chi connectivity index (χ3n) is 3.47. The summed E-state index contributed by atoms with van der Waals surface area (Å²) >= 11 is 0. The minimum atomic E-state index is -1.05. The highest BCUT2D eigenvalue weighted by Gasteiger charge is 2.28. The molecule has 0 heterocycles. The monoisotopic (exact) mass is 278 g/mol. The van der Waals surface area contributed by atoms with Gasteiger partial charge in [-0.05, 0) is 49.9 Å². The summed E-state index contributed by atoms with van der Waals surface area (Å²) in [7, 11) is 0. The van der Waals surface area contributed by atoms with Crippen LogP contribution in [0.15, 0.2) is 18.2 Å².